The van der Waals surface area contributed by atoms with E-state index in [0.717, 1.165) is 35.7 Å². The van der Waals surface area contributed by atoms with Crippen molar-refractivity contribution in [3.63, 3.8) is 0 Å². The number of hydrogen-bond donors (Lipinski definition) is 3. The fourth-order valence-corrected chi connectivity index (χ4v) is 5.68. The number of anilines is 1. The summed E-state index contributed by atoms with van der Waals surface area (Å²) in [6.07, 6.45) is 0.852. The third-order valence-corrected chi connectivity index (χ3v) is 7.92. The average molecular weight is 642 g/mol. The van der Waals surface area contributed by atoms with E-state index in [1.807, 2.05) is 0 Å². The Morgan fingerprint density at radius 2 is 1.83 bits per heavy atom. The normalized spacial score (nSPS) is 15.0. The number of piperidine rings is 1. The lowest BCUT2D eigenvalue weighted by Gasteiger charge is -2.26. The number of halogens is 5. The van der Waals surface area contributed by atoms with Crippen LogP contribution < -0.4 is 9.73 Å². The molecule has 0 spiro atoms. The SMILES string of the molecule is O=C(NN1CCCCC1)c1nn(-c2ccc(Cl)cc2Cl)c(-c2ccc(C(F)(F)F)cc2)c1CN(c1cnc[nH]1)S(=O)O. The molecule has 0 bridgehead atoms. The topological polar surface area (TPSA) is 119 Å². The Kier molecular flexibility index (Phi) is 8.89. The number of aromatic amines is 1. The van der Waals surface area contributed by atoms with Crippen LogP contribution in [0, 0.1) is 0 Å². The molecule has 0 radical (unpaired) electrons. The largest absolute Gasteiger partial charge is 0.416 e. The van der Waals surface area contributed by atoms with Crippen molar-refractivity contribution in [1.29, 1.82) is 0 Å². The molecule has 2 aromatic carbocycles. The molecule has 0 aliphatic carbocycles. The van der Waals surface area contributed by atoms with E-state index in [1.165, 1.54) is 35.4 Å². The number of aromatic nitrogens is 4. The number of rotatable bonds is 8. The van der Waals surface area contributed by atoms with Crippen molar-refractivity contribution in [3.8, 4) is 16.9 Å². The minimum atomic E-state index is -4.58. The third kappa shape index (κ3) is 6.47. The van der Waals surface area contributed by atoms with Gasteiger partial charge >= 0.3 is 6.18 Å². The van der Waals surface area contributed by atoms with Crippen LogP contribution in [0.3, 0.4) is 0 Å². The third-order valence-electron chi connectivity index (χ3n) is 6.68. The van der Waals surface area contributed by atoms with E-state index in [2.05, 4.69) is 20.5 Å². The molecule has 1 fully saturated rings. The lowest BCUT2D eigenvalue weighted by molar-refractivity contribution is -0.137. The fraction of sp³-hybridized carbons (Fsp3) is 0.269. The van der Waals surface area contributed by atoms with Crippen molar-refractivity contribution in [2.75, 3.05) is 17.4 Å². The molecule has 1 atom stereocenters. The zero-order chi connectivity index (χ0) is 30.0. The molecule has 1 amide bonds. The van der Waals surface area contributed by atoms with Crippen LogP contribution in [-0.2, 0) is 24.0 Å². The first-order chi connectivity index (χ1) is 20.0. The standard InChI is InChI=1S/C26H24Cl2F3N7O3S/c27-18-8-9-21(20(28)12-18)38-24(16-4-6-17(7-5-16)26(29,30)31)19(14-37(42(40)41)22-13-32-15-33-22)23(34-38)25(39)35-36-10-2-1-3-11-36/h4-9,12-13,15H,1-3,10-11,14H2,(H,32,33)(H,35,39)(H,40,41). The summed E-state index contributed by atoms with van der Waals surface area (Å²) in [6, 6.07) is 8.86. The highest BCUT2D eigenvalue weighted by molar-refractivity contribution is 7.80. The molecular formula is C26H24Cl2F3N7O3S. The van der Waals surface area contributed by atoms with Gasteiger partial charge in [-0.1, -0.05) is 41.8 Å². The van der Waals surface area contributed by atoms with Crippen LogP contribution in [0.4, 0.5) is 19.0 Å². The Hall–Kier alpha value is -3.43. The summed E-state index contributed by atoms with van der Waals surface area (Å²) in [4.78, 5) is 20.4. The molecule has 2 aromatic heterocycles. The zero-order valence-electron chi connectivity index (χ0n) is 21.7. The maximum atomic E-state index is 13.7. The number of H-pyrrole nitrogens is 1. The number of nitrogens with one attached hydrogen (secondary N) is 2. The van der Waals surface area contributed by atoms with Crippen molar-refractivity contribution in [2.24, 2.45) is 0 Å². The molecule has 16 heteroatoms. The summed E-state index contributed by atoms with van der Waals surface area (Å²) in [6.45, 7) is 0.893. The van der Waals surface area contributed by atoms with Gasteiger partial charge in [-0.3, -0.25) is 14.8 Å². The van der Waals surface area contributed by atoms with Crippen LogP contribution in [0.2, 0.25) is 10.0 Å². The van der Waals surface area contributed by atoms with Crippen molar-refractivity contribution in [3.05, 3.63) is 81.9 Å². The van der Waals surface area contributed by atoms with E-state index in [1.54, 1.807) is 17.1 Å². The quantitative estimate of drug-likeness (QED) is 0.207. The second kappa shape index (κ2) is 12.4. The first-order valence-corrected chi connectivity index (χ1v) is 14.5. The summed E-state index contributed by atoms with van der Waals surface area (Å²) >= 11 is 10.0. The summed E-state index contributed by atoms with van der Waals surface area (Å²) in [5, 5.41) is 6.82. The summed E-state index contributed by atoms with van der Waals surface area (Å²) in [5.41, 5.74) is 2.74. The van der Waals surface area contributed by atoms with Gasteiger partial charge < -0.3 is 4.98 Å². The Morgan fingerprint density at radius 1 is 1.12 bits per heavy atom. The number of benzene rings is 2. The molecule has 1 saturated heterocycles. The molecule has 10 nitrogen and oxygen atoms in total. The van der Waals surface area contributed by atoms with Crippen molar-refractivity contribution >= 4 is 46.2 Å². The van der Waals surface area contributed by atoms with Gasteiger partial charge in [-0.25, -0.2) is 23.2 Å². The molecule has 1 aliphatic heterocycles. The van der Waals surface area contributed by atoms with Gasteiger partial charge in [0.25, 0.3) is 17.2 Å². The van der Waals surface area contributed by atoms with Crippen molar-refractivity contribution in [1.82, 2.24) is 30.2 Å². The number of carbonyl (C=O) groups is 1. The molecule has 1 aliphatic rings. The first-order valence-electron chi connectivity index (χ1n) is 12.7. The molecule has 3 heterocycles. The van der Waals surface area contributed by atoms with Crippen LogP contribution >= 0.6 is 23.2 Å². The van der Waals surface area contributed by atoms with Crippen LogP contribution in [0.15, 0.2) is 55.0 Å². The van der Waals surface area contributed by atoms with Gasteiger partial charge in [-0.05, 0) is 43.2 Å². The van der Waals surface area contributed by atoms with Gasteiger partial charge in [0, 0.05) is 29.2 Å². The monoisotopic (exact) mass is 641 g/mol. The van der Waals surface area contributed by atoms with Crippen LogP contribution in [0.1, 0.15) is 40.9 Å². The highest BCUT2D eigenvalue weighted by Crippen LogP contribution is 2.36. The van der Waals surface area contributed by atoms with Crippen molar-refractivity contribution < 1.29 is 26.7 Å². The average Bonchev–Trinajstić information content (AvgIpc) is 3.60. The summed E-state index contributed by atoms with van der Waals surface area (Å²) < 4.78 is 65.2. The smallest absolute Gasteiger partial charge is 0.331 e. The predicted octanol–water partition coefficient (Wildman–Crippen LogP) is 5.86. The summed E-state index contributed by atoms with van der Waals surface area (Å²) in [5.74, 6) is -0.439. The van der Waals surface area contributed by atoms with Gasteiger partial charge in [0.05, 0.1) is 41.0 Å². The highest BCUT2D eigenvalue weighted by atomic mass is 35.5. The Balaban J connectivity index is 1.72. The van der Waals surface area contributed by atoms with E-state index in [9.17, 15) is 26.7 Å². The van der Waals surface area contributed by atoms with E-state index in [4.69, 9.17) is 23.2 Å². The lowest BCUT2D eigenvalue weighted by atomic mass is 10.0. The van der Waals surface area contributed by atoms with E-state index < -0.39 is 28.9 Å². The second-order valence-corrected chi connectivity index (χ2v) is 11.2. The molecule has 1 unspecified atom stereocenters. The fourth-order valence-electron chi connectivity index (χ4n) is 4.68. The molecular weight excluding hydrogens is 618 g/mol. The number of carbonyl (C=O) groups excluding carboxylic acids is 1. The maximum absolute atomic E-state index is 13.7. The number of nitrogens with zero attached hydrogens (tertiary/aromatic N) is 5. The summed E-state index contributed by atoms with van der Waals surface area (Å²) in [7, 11) is 0. The predicted molar refractivity (Wildman–Crippen MR) is 152 cm³/mol. The molecule has 222 valence electrons. The van der Waals surface area contributed by atoms with E-state index in [0.29, 0.717) is 18.1 Å². The highest BCUT2D eigenvalue weighted by Gasteiger charge is 2.32. The molecule has 42 heavy (non-hydrogen) atoms. The van der Waals surface area contributed by atoms with Crippen LogP contribution in [0.5, 0.6) is 0 Å². The van der Waals surface area contributed by atoms with Crippen LogP contribution in [-0.4, -0.2) is 52.5 Å². The number of hydrazine groups is 1. The first kappa shape index (κ1) is 30.0. The number of alkyl halides is 3. The van der Waals surface area contributed by atoms with Gasteiger partial charge in [0.15, 0.2) is 5.69 Å². The molecule has 5 rings (SSSR count). The minimum Gasteiger partial charge on any atom is -0.331 e. The van der Waals surface area contributed by atoms with Crippen LogP contribution in [0.25, 0.3) is 16.9 Å². The minimum absolute atomic E-state index is 0.114. The maximum Gasteiger partial charge on any atom is 0.416 e. The van der Waals surface area contributed by atoms with Gasteiger partial charge in [0.2, 0.25) is 0 Å². The van der Waals surface area contributed by atoms with Gasteiger partial charge in [-0.15, -0.1) is 0 Å². The number of hydrogen-bond acceptors (Lipinski definition) is 5. The number of amides is 1. The Labute approximate surface area is 250 Å². The molecule has 3 N–H and O–H groups in total. The second-order valence-electron chi connectivity index (χ2n) is 9.45. The Bertz CT molecular complexity index is 1590. The van der Waals surface area contributed by atoms with E-state index in [-0.39, 0.29) is 45.6 Å². The van der Waals surface area contributed by atoms with E-state index >= 15 is 0 Å². The zero-order valence-corrected chi connectivity index (χ0v) is 24.1. The molecule has 4 aromatic rings. The van der Waals surface area contributed by atoms with Gasteiger partial charge in [0.1, 0.15) is 5.82 Å². The number of imidazole rings is 1. The van der Waals surface area contributed by atoms with Crippen molar-refractivity contribution in [2.45, 2.75) is 32.0 Å². The van der Waals surface area contributed by atoms with Gasteiger partial charge in [-0.2, -0.15) is 18.3 Å². The Morgan fingerprint density at radius 3 is 2.43 bits per heavy atom. The molecule has 0 saturated carbocycles. The lowest BCUT2D eigenvalue weighted by Crippen LogP contribution is -2.45.